The normalized spacial score (nSPS) is 11.2. The van der Waals surface area contributed by atoms with Crippen molar-refractivity contribution in [1.29, 1.82) is 0 Å². The van der Waals surface area contributed by atoms with Gasteiger partial charge >= 0.3 is 0 Å². The molecule has 12 heavy (non-hydrogen) atoms. The summed E-state index contributed by atoms with van der Waals surface area (Å²) >= 11 is 5.50. The van der Waals surface area contributed by atoms with Crippen LogP contribution in [0.3, 0.4) is 0 Å². The minimum Gasteiger partial charge on any atom is -0.278 e. The van der Waals surface area contributed by atoms with Crippen molar-refractivity contribution in [3.8, 4) is 0 Å². The van der Waals surface area contributed by atoms with E-state index in [2.05, 4.69) is 0 Å². The molecule has 0 aromatic rings. The molecule has 74 valence electrons. The van der Waals surface area contributed by atoms with Gasteiger partial charge in [-0.3, -0.25) is 4.31 Å². The lowest BCUT2D eigenvalue weighted by Crippen LogP contribution is -2.15. The summed E-state index contributed by atoms with van der Waals surface area (Å²) in [5.74, 6) is 0. The van der Waals surface area contributed by atoms with Gasteiger partial charge in [0.1, 0.15) is 0 Å². The van der Waals surface area contributed by atoms with Crippen LogP contribution in [-0.2, 0) is 10.9 Å². The molecule has 0 radical (unpaired) electrons. The van der Waals surface area contributed by atoms with Crippen LogP contribution in [-0.4, -0.2) is 19.3 Å². The summed E-state index contributed by atoms with van der Waals surface area (Å²) in [6.07, 6.45) is 2.20. The van der Waals surface area contributed by atoms with E-state index in [4.69, 9.17) is 11.6 Å². The van der Waals surface area contributed by atoms with Crippen molar-refractivity contribution in [3.63, 3.8) is 0 Å². The maximum absolute atomic E-state index is 10.5. The number of hydrogen-bond donors (Lipinski definition) is 1. The largest absolute Gasteiger partial charge is 0.278 e. The summed E-state index contributed by atoms with van der Waals surface area (Å²) in [4.78, 5) is 0. The Morgan fingerprint density at radius 3 is 2.33 bits per heavy atom. The lowest BCUT2D eigenvalue weighted by atomic mass is 10.5. The van der Waals surface area contributed by atoms with Crippen LogP contribution in [0.25, 0.3) is 0 Å². The molecule has 6 heteroatoms. The highest BCUT2D eigenvalue weighted by Gasteiger charge is 1.98. The smallest absolute Gasteiger partial charge is 0.224 e. The topological polar surface area (TPSA) is 37.4 Å². The molecular weight excluding hydrogens is 221 g/mol. The molecule has 3 nitrogen and oxygen atoms in total. The molecule has 0 fully saturated rings. The highest BCUT2D eigenvalue weighted by atomic mass is 35.5. The zero-order valence-electron chi connectivity index (χ0n) is 6.99. The number of rotatable bonds is 4. The average Bonchev–Trinajstić information content (AvgIpc) is 1.86. The summed E-state index contributed by atoms with van der Waals surface area (Å²) in [6, 6.07) is 0. The first-order valence-corrected chi connectivity index (χ1v) is 4.83. The molecule has 0 heterocycles. The molecule has 0 rings (SSSR count). The van der Waals surface area contributed by atoms with Gasteiger partial charge in [0.25, 0.3) is 0 Å². The van der Waals surface area contributed by atoms with Crippen LogP contribution in [0.2, 0.25) is 0 Å². The Balaban J connectivity index is 0. The molecule has 0 N–H and O–H groups in total. The van der Waals surface area contributed by atoms with E-state index in [-0.39, 0.29) is 12.4 Å². The molecule has 0 saturated heterocycles. The third kappa shape index (κ3) is 6.76. The zero-order valence-corrected chi connectivity index (χ0v) is 9.46. The first-order chi connectivity index (χ1) is 5.07. The summed E-state index contributed by atoms with van der Waals surface area (Å²) in [5, 5.41) is 0.470. The number of allylic oxidation sites excluding steroid dienone is 1. The summed E-state index contributed by atoms with van der Waals surface area (Å²) in [5.41, 5.74) is 0. The molecule has 0 saturated carbocycles. The summed E-state index contributed by atoms with van der Waals surface area (Å²) in [6.45, 7) is 4.04. The average molecular weight is 234 g/mol. The number of halogens is 2. The standard InChI is InChI=1S/C6H12ClNO2S.ClH/c1-3-4-8(11(9)10)5-6(2)7;/h5,11H,3-4H2,1-2H3;1H. The van der Waals surface area contributed by atoms with Crippen LogP contribution in [0.4, 0.5) is 0 Å². The van der Waals surface area contributed by atoms with Crippen molar-refractivity contribution in [2.45, 2.75) is 20.3 Å². The molecular formula is C6H13Cl2NO2S. The van der Waals surface area contributed by atoms with Gasteiger partial charge in [-0.25, -0.2) is 8.42 Å². The number of hydrogen-bond acceptors (Lipinski definition) is 2. The molecule has 0 aliphatic heterocycles. The Morgan fingerprint density at radius 1 is 1.58 bits per heavy atom. The van der Waals surface area contributed by atoms with E-state index in [1.165, 1.54) is 10.5 Å². The van der Waals surface area contributed by atoms with Gasteiger partial charge in [0.2, 0.25) is 10.9 Å². The van der Waals surface area contributed by atoms with E-state index in [0.29, 0.717) is 11.6 Å². The van der Waals surface area contributed by atoms with Crippen LogP contribution in [0.15, 0.2) is 11.2 Å². The molecule has 0 aromatic carbocycles. The van der Waals surface area contributed by atoms with Crippen LogP contribution >= 0.6 is 24.0 Å². The Labute approximate surface area is 85.9 Å². The fourth-order valence-electron chi connectivity index (χ4n) is 0.628. The van der Waals surface area contributed by atoms with Crippen LogP contribution in [0, 0.1) is 0 Å². The van der Waals surface area contributed by atoms with E-state index < -0.39 is 10.9 Å². The predicted octanol–water partition coefficient (Wildman–Crippen LogP) is 1.75. The monoisotopic (exact) mass is 233 g/mol. The maximum atomic E-state index is 10.5. The molecule has 0 aromatic heterocycles. The maximum Gasteiger partial charge on any atom is 0.224 e. The lowest BCUT2D eigenvalue weighted by molar-refractivity contribution is 0.515. The van der Waals surface area contributed by atoms with Gasteiger partial charge < -0.3 is 0 Å². The van der Waals surface area contributed by atoms with Gasteiger partial charge in [-0.15, -0.1) is 12.4 Å². The Bertz CT molecular complexity index is 204. The Morgan fingerprint density at radius 2 is 2.08 bits per heavy atom. The SMILES string of the molecule is CCCN(C=C(C)Cl)[SH](=O)=O.Cl. The molecule has 0 bridgehead atoms. The van der Waals surface area contributed by atoms with Crippen molar-refractivity contribution in [1.82, 2.24) is 4.31 Å². The van der Waals surface area contributed by atoms with E-state index in [1.807, 2.05) is 6.92 Å². The van der Waals surface area contributed by atoms with Gasteiger partial charge in [0.15, 0.2) is 0 Å². The van der Waals surface area contributed by atoms with Crippen molar-refractivity contribution < 1.29 is 8.42 Å². The van der Waals surface area contributed by atoms with Gasteiger partial charge in [-0.1, -0.05) is 18.5 Å². The van der Waals surface area contributed by atoms with Gasteiger partial charge in [-0.05, 0) is 13.3 Å². The van der Waals surface area contributed by atoms with E-state index >= 15 is 0 Å². The van der Waals surface area contributed by atoms with Crippen LogP contribution < -0.4 is 0 Å². The zero-order chi connectivity index (χ0) is 8.85. The predicted molar refractivity (Wildman–Crippen MR) is 54.2 cm³/mol. The molecule has 0 atom stereocenters. The second-order valence-electron chi connectivity index (χ2n) is 2.12. The molecule has 0 amide bonds. The van der Waals surface area contributed by atoms with Gasteiger partial charge in [-0.2, -0.15) is 0 Å². The van der Waals surface area contributed by atoms with Crippen molar-refractivity contribution in [3.05, 3.63) is 11.2 Å². The second kappa shape index (κ2) is 7.71. The minimum atomic E-state index is -2.53. The van der Waals surface area contributed by atoms with Crippen molar-refractivity contribution in [2.24, 2.45) is 0 Å². The molecule has 0 aliphatic rings. The number of thiol groups is 1. The first kappa shape index (κ1) is 14.6. The highest BCUT2D eigenvalue weighted by molar-refractivity contribution is 7.70. The molecule has 0 aliphatic carbocycles. The van der Waals surface area contributed by atoms with Crippen molar-refractivity contribution >= 4 is 34.9 Å². The minimum absolute atomic E-state index is 0. The molecule has 0 unspecified atom stereocenters. The quantitative estimate of drug-likeness (QED) is 0.752. The fourth-order valence-corrected chi connectivity index (χ4v) is 1.44. The van der Waals surface area contributed by atoms with Crippen molar-refractivity contribution in [2.75, 3.05) is 6.54 Å². The third-order valence-corrected chi connectivity index (χ3v) is 1.82. The van der Waals surface area contributed by atoms with Crippen LogP contribution in [0.5, 0.6) is 0 Å². The lowest BCUT2D eigenvalue weighted by Gasteiger charge is -2.10. The van der Waals surface area contributed by atoms with E-state index in [0.717, 1.165) is 6.42 Å². The van der Waals surface area contributed by atoms with Crippen LogP contribution in [0.1, 0.15) is 20.3 Å². The highest BCUT2D eigenvalue weighted by Crippen LogP contribution is 2.02. The Hall–Kier alpha value is 0.0700. The van der Waals surface area contributed by atoms with E-state index in [1.54, 1.807) is 6.92 Å². The third-order valence-electron chi connectivity index (χ3n) is 0.989. The Kier molecular flexibility index (Phi) is 9.37. The van der Waals surface area contributed by atoms with Gasteiger partial charge in [0, 0.05) is 17.8 Å². The second-order valence-corrected chi connectivity index (χ2v) is 3.70. The fraction of sp³-hybridized carbons (Fsp3) is 0.667. The molecule has 0 spiro atoms. The first-order valence-electron chi connectivity index (χ1n) is 3.32. The van der Waals surface area contributed by atoms with Gasteiger partial charge in [0.05, 0.1) is 0 Å². The van der Waals surface area contributed by atoms with E-state index in [9.17, 15) is 8.42 Å². The number of nitrogens with zero attached hydrogens (tertiary/aromatic N) is 1. The summed E-state index contributed by atoms with van der Waals surface area (Å²) in [7, 11) is -2.53. The summed E-state index contributed by atoms with van der Waals surface area (Å²) < 4.78 is 22.2.